The second-order valence-electron chi connectivity index (χ2n) is 6.80. The van der Waals surface area contributed by atoms with Crippen LogP contribution < -0.4 is 10.6 Å². The number of rotatable bonds is 4. The highest BCUT2D eigenvalue weighted by Crippen LogP contribution is 2.28. The topological polar surface area (TPSA) is 61.4 Å². The fraction of sp³-hybridized carbons (Fsp3) is 0.556. The van der Waals surface area contributed by atoms with Crippen LogP contribution in [0.4, 0.5) is 8.78 Å². The average Bonchev–Trinajstić information content (AvgIpc) is 3.03. The van der Waals surface area contributed by atoms with Gasteiger partial charge in [0.25, 0.3) is 5.92 Å². The van der Waals surface area contributed by atoms with Gasteiger partial charge in [0.2, 0.25) is 11.8 Å². The minimum Gasteiger partial charge on any atom is -0.352 e. The molecular formula is C18H23F2N3O2. The molecule has 2 heterocycles. The molecule has 0 bridgehead atoms. The summed E-state index contributed by atoms with van der Waals surface area (Å²) >= 11 is 0. The van der Waals surface area contributed by atoms with Gasteiger partial charge in [0.05, 0.1) is 12.5 Å². The van der Waals surface area contributed by atoms with E-state index in [2.05, 4.69) is 10.6 Å². The van der Waals surface area contributed by atoms with E-state index in [0.29, 0.717) is 19.4 Å². The summed E-state index contributed by atoms with van der Waals surface area (Å²) in [5, 5.41) is 6.04. The molecule has 2 fully saturated rings. The number of alkyl halides is 2. The first kappa shape index (κ1) is 17.8. The monoisotopic (exact) mass is 351 g/mol. The highest BCUT2D eigenvalue weighted by atomic mass is 19.3. The Labute approximate surface area is 145 Å². The Morgan fingerprint density at radius 2 is 1.88 bits per heavy atom. The van der Waals surface area contributed by atoms with Crippen LogP contribution in [0.1, 0.15) is 24.8 Å². The Balaban J connectivity index is 1.45. The van der Waals surface area contributed by atoms with Gasteiger partial charge in [0.1, 0.15) is 0 Å². The number of likely N-dealkylation sites (tertiary alicyclic amines) is 1. The van der Waals surface area contributed by atoms with E-state index in [4.69, 9.17) is 0 Å². The SMILES string of the molecule is O=C(Cc1ccccc1)N[C@H]1CN[C@H](C(=O)N2CCC(F)(F)CC2)C1. The number of amides is 2. The largest absolute Gasteiger partial charge is 0.352 e. The van der Waals surface area contributed by atoms with Gasteiger partial charge in [-0.25, -0.2) is 8.78 Å². The van der Waals surface area contributed by atoms with Crippen LogP contribution in [0.5, 0.6) is 0 Å². The zero-order valence-corrected chi connectivity index (χ0v) is 14.0. The Morgan fingerprint density at radius 3 is 2.56 bits per heavy atom. The van der Waals surface area contributed by atoms with E-state index < -0.39 is 12.0 Å². The van der Waals surface area contributed by atoms with Gasteiger partial charge in [-0.3, -0.25) is 9.59 Å². The van der Waals surface area contributed by atoms with Crippen LogP contribution >= 0.6 is 0 Å². The predicted octanol–water partition coefficient (Wildman–Crippen LogP) is 1.33. The van der Waals surface area contributed by atoms with Crippen molar-refractivity contribution in [1.29, 1.82) is 0 Å². The Hall–Kier alpha value is -2.02. The van der Waals surface area contributed by atoms with Crippen molar-refractivity contribution in [2.75, 3.05) is 19.6 Å². The van der Waals surface area contributed by atoms with E-state index in [0.717, 1.165) is 5.56 Å². The average molecular weight is 351 g/mol. The van der Waals surface area contributed by atoms with E-state index in [1.165, 1.54) is 4.90 Å². The Bertz CT molecular complexity index is 614. The number of nitrogens with zero attached hydrogens (tertiary/aromatic N) is 1. The fourth-order valence-electron chi connectivity index (χ4n) is 3.37. The van der Waals surface area contributed by atoms with Crippen molar-refractivity contribution in [3.63, 3.8) is 0 Å². The molecule has 0 spiro atoms. The highest BCUT2D eigenvalue weighted by molar-refractivity contribution is 5.83. The first-order chi connectivity index (χ1) is 11.9. The number of carbonyl (C=O) groups is 2. The van der Waals surface area contributed by atoms with Crippen LogP contribution in [-0.4, -0.2) is 54.4 Å². The molecule has 2 amide bonds. The number of halogens is 2. The van der Waals surface area contributed by atoms with Crippen molar-refractivity contribution in [3.8, 4) is 0 Å². The van der Waals surface area contributed by atoms with Crippen LogP contribution in [0.2, 0.25) is 0 Å². The van der Waals surface area contributed by atoms with Crippen molar-refractivity contribution in [3.05, 3.63) is 35.9 Å². The number of piperidine rings is 1. The molecule has 1 aromatic carbocycles. The van der Waals surface area contributed by atoms with Crippen LogP contribution in [-0.2, 0) is 16.0 Å². The van der Waals surface area contributed by atoms with Crippen molar-refractivity contribution in [2.24, 2.45) is 0 Å². The van der Waals surface area contributed by atoms with Crippen molar-refractivity contribution >= 4 is 11.8 Å². The molecule has 2 saturated heterocycles. The Kier molecular flexibility index (Phi) is 5.32. The predicted molar refractivity (Wildman–Crippen MR) is 89.2 cm³/mol. The maximum absolute atomic E-state index is 13.2. The molecule has 0 unspecified atom stereocenters. The third-order valence-electron chi connectivity index (χ3n) is 4.81. The lowest BCUT2D eigenvalue weighted by Crippen LogP contribution is -2.49. The number of carbonyl (C=O) groups excluding carboxylic acids is 2. The molecule has 3 rings (SSSR count). The standard InChI is InChI=1S/C18H23F2N3O2/c19-18(20)6-8-23(9-7-18)17(25)15-11-14(12-21-15)22-16(24)10-13-4-2-1-3-5-13/h1-5,14-15,21H,6-12H2,(H,22,24)/t14-,15+/m1/s1. The van der Waals surface area contributed by atoms with Crippen molar-refractivity contribution in [2.45, 2.75) is 43.7 Å². The van der Waals surface area contributed by atoms with E-state index in [1.54, 1.807) is 0 Å². The van der Waals surface area contributed by atoms with Gasteiger partial charge in [-0.2, -0.15) is 0 Å². The molecule has 2 aliphatic heterocycles. The van der Waals surface area contributed by atoms with Gasteiger partial charge in [-0.05, 0) is 12.0 Å². The normalized spacial score (nSPS) is 25.6. The summed E-state index contributed by atoms with van der Waals surface area (Å²) < 4.78 is 26.4. The molecule has 0 aliphatic carbocycles. The molecule has 1 aromatic rings. The maximum Gasteiger partial charge on any atom is 0.251 e. The van der Waals surface area contributed by atoms with Gasteiger partial charge in [-0.15, -0.1) is 0 Å². The smallest absolute Gasteiger partial charge is 0.251 e. The van der Waals surface area contributed by atoms with E-state index in [-0.39, 0.29) is 43.8 Å². The number of nitrogens with one attached hydrogen (secondary N) is 2. The molecule has 136 valence electrons. The van der Waals surface area contributed by atoms with Crippen LogP contribution in [0, 0.1) is 0 Å². The molecule has 2 N–H and O–H groups in total. The Morgan fingerprint density at radius 1 is 1.20 bits per heavy atom. The van der Waals surface area contributed by atoms with Gasteiger partial charge >= 0.3 is 0 Å². The third-order valence-corrected chi connectivity index (χ3v) is 4.81. The number of hydrogen-bond acceptors (Lipinski definition) is 3. The summed E-state index contributed by atoms with van der Waals surface area (Å²) in [6, 6.07) is 8.93. The quantitative estimate of drug-likeness (QED) is 0.860. The minimum atomic E-state index is -2.66. The molecular weight excluding hydrogens is 328 g/mol. The van der Waals surface area contributed by atoms with Crippen molar-refractivity contribution < 1.29 is 18.4 Å². The minimum absolute atomic E-state index is 0.0799. The lowest BCUT2D eigenvalue weighted by Gasteiger charge is -2.33. The molecule has 0 radical (unpaired) electrons. The van der Waals surface area contributed by atoms with Crippen LogP contribution in [0.3, 0.4) is 0 Å². The van der Waals surface area contributed by atoms with Crippen LogP contribution in [0.25, 0.3) is 0 Å². The highest BCUT2D eigenvalue weighted by Gasteiger charge is 2.39. The zero-order valence-electron chi connectivity index (χ0n) is 14.0. The van der Waals surface area contributed by atoms with Gasteiger partial charge < -0.3 is 15.5 Å². The van der Waals surface area contributed by atoms with E-state index in [9.17, 15) is 18.4 Å². The summed E-state index contributed by atoms with van der Waals surface area (Å²) in [7, 11) is 0. The summed E-state index contributed by atoms with van der Waals surface area (Å²) in [6.07, 6.45) is 0.245. The summed E-state index contributed by atoms with van der Waals surface area (Å²) in [5.41, 5.74) is 0.938. The molecule has 0 aromatic heterocycles. The fourth-order valence-corrected chi connectivity index (χ4v) is 3.37. The second kappa shape index (κ2) is 7.47. The number of hydrogen-bond donors (Lipinski definition) is 2. The first-order valence-electron chi connectivity index (χ1n) is 8.66. The summed E-state index contributed by atoms with van der Waals surface area (Å²) in [4.78, 5) is 26.0. The number of benzene rings is 1. The first-order valence-corrected chi connectivity index (χ1v) is 8.66. The third kappa shape index (κ3) is 4.75. The summed E-state index contributed by atoms with van der Waals surface area (Å²) in [5.74, 6) is -2.88. The molecule has 0 saturated carbocycles. The van der Waals surface area contributed by atoms with Gasteiger partial charge in [0.15, 0.2) is 0 Å². The van der Waals surface area contributed by atoms with Gasteiger partial charge in [0, 0.05) is 38.5 Å². The van der Waals surface area contributed by atoms with E-state index >= 15 is 0 Å². The lowest BCUT2D eigenvalue weighted by molar-refractivity contribution is -0.139. The second-order valence-corrected chi connectivity index (χ2v) is 6.80. The molecule has 25 heavy (non-hydrogen) atoms. The molecule has 7 heteroatoms. The molecule has 2 aliphatic rings. The summed E-state index contributed by atoms with van der Waals surface area (Å²) in [6.45, 7) is 0.699. The maximum atomic E-state index is 13.2. The molecule has 2 atom stereocenters. The zero-order chi connectivity index (χ0) is 17.9. The van der Waals surface area contributed by atoms with Gasteiger partial charge in [-0.1, -0.05) is 30.3 Å². The lowest BCUT2D eigenvalue weighted by atomic mass is 10.0. The van der Waals surface area contributed by atoms with Crippen molar-refractivity contribution in [1.82, 2.24) is 15.5 Å². The molecule has 5 nitrogen and oxygen atoms in total. The van der Waals surface area contributed by atoms with Crippen LogP contribution in [0.15, 0.2) is 30.3 Å². The van der Waals surface area contributed by atoms with E-state index in [1.807, 2.05) is 30.3 Å².